The SMILES string of the molecule is CCCCCCCCCCCCCCCCC(c1[nH]cc[n+]1CCCCCCCCCC)C(C)(Cc1ccccc1)c1ccccc1. The molecule has 0 radical (unpaired) electrons. The fraction of sp³-hybridized carbons (Fsp3) is 0.667. The third-order valence-electron chi connectivity index (χ3n) is 10.8. The van der Waals surface area contributed by atoms with Crippen molar-refractivity contribution in [1.82, 2.24) is 4.98 Å². The second kappa shape index (κ2) is 24.7. The molecule has 0 saturated carbocycles. The van der Waals surface area contributed by atoms with E-state index in [4.69, 9.17) is 0 Å². The van der Waals surface area contributed by atoms with E-state index < -0.39 is 0 Å². The van der Waals surface area contributed by atoms with E-state index in [1.54, 1.807) is 0 Å². The number of rotatable bonds is 29. The molecule has 1 heterocycles. The van der Waals surface area contributed by atoms with Crippen molar-refractivity contribution in [2.24, 2.45) is 0 Å². The molecule has 2 nitrogen and oxygen atoms in total. The number of H-pyrrole nitrogens is 1. The van der Waals surface area contributed by atoms with Crippen molar-refractivity contribution < 1.29 is 4.57 Å². The van der Waals surface area contributed by atoms with Crippen LogP contribution < -0.4 is 4.57 Å². The van der Waals surface area contributed by atoms with Gasteiger partial charge >= 0.3 is 0 Å². The van der Waals surface area contributed by atoms with Crippen molar-refractivity contribution in [2.45, 2.75) is 193 Å². The zero-order chi connectivity index (χ0) is 33.3. The molecule has 2 atom stereocenters. The molecule has 0 aliphatic carbocycles. The number of benzene rings is 2. The highest BCUT2D eigenvalue weighted by molar-refractivity contribution is 5.32. The molecule has 0 bridgehead atoms. The van der Waals surface area contributed by atoms with Gasteiger partial charge in [-0.3, -0.25) is 0 Å². The van der Waals surface area contributed by atoms with Crippen molar-refractivity contribution in [3.63, 3.8) is 0 Å². The molecule has 0 fully saturated rings. The average molecular weight is 642 g/mol. The average Bonchev–Trinajstić information content (AvgIpc) is 3.56. The molecule has 0 spiro atoms. The van der Waals surface area contributed by atoms with Gasteiger partial charge in [-0.15, -0.1) is 0 Å². The second-order valence-electron chi connectivity index (χ2n) is 14.9. The van der Waals surface area contributed by atoms with Crippen molar-refractivity contribution in [3.05, 3.63) is 90.0 Å². The Kier molecular flexibility index (Phi) is 20.6. The maximum absolute atomic E-state index is 3.80. The first-order valence-corrected chi connectivity index (χ1v) is 20.3. The van der Waals surface area contributed by atoms with Gasteiger partial charge in [0.2, 0.25) is 0 Å². The summed E-state index contributed by atoms with van der Waals surface area (Å²) < 4.78 is 2.58. The number of unbranched alkanes of at least 4 members (excludes halogenated alkanes) is 20. The molecule has 2 heteroatoms. The predicted molar refractivity (Wildman–Crippen MR) is 205 cm³/mol. The van der Waals surface area contributed by atoms with Gasteiger partial charge < -0.3 is 0 Å². The smallest absolute Gasteiger partial charge is 0.247 e. The number of hydrogen-bond acceptors (Lipinski definition) is 0. The van der Waals surface area contributed by atoms with Crippen LogP contribution >= 0.6 is 0 Å². The third-order valence-corrected chi connectivity index (χ3v) is 10.8. The van der Waals surface area contributed by atoms with E-state index in [1.807, 2.05) is 0 Å². The molecule has 0 amide bonds. The van der Waals surface area contributed by atoms with Gasteiger partial charge in [0.15, 0.2) is 0 Å². The maximum Gasteiger partial charge on any atom is 0.258 e. The molecule has 262 valence electrons. The number of nitrogens with one attached hydrogen (secondary N) is 1. The number of imidazole rings is 1. The predicted octanol–water partition coefficient (Wildman–Crippen LogP) is 13.6. The summed E-state index contributed by atoms with van der Waals surface area (Å²) in [4.78, 5) is 3.80. The Bertz CT molecular complexity index is 1120. The van der Waals surface area contributed by atoms with E-state index in [0.29, 0.717) is 5.92 Å². The lowest BCUT2D eigenvalue weighted by Crippen LogP contribution is -2.43. The lowest BCUT2D eigenvalue weighted by Gasteiger charge is -2.37. The third kappa shape index (κ3) is 15.2. The standard InChI is InChI=1S/C45H72N2/c1-4-6-8-10-12-14-15-16-17-18-19-20-22-30-36-43(44-46-37-39-47(44)38-31-23-21-13-11-9-7-5-2)45(3,42-34-28-25-29-35-42)40-41-32-26-24-27-33-41/h24-29,32-35,37,39,43H,4-23,30-31,36,38,40H2,1-3H3/p+1. The van der Waals surface area contributed by atoms with Gasteiger partial charge in [-0.05, 0) is 36.8 Å². The minimum absolute atomic E-state index is 0.00499. The Morgan fingerprint density at radius 2 is 1.00 bits per heavy atom. The summed E-state index contributed by atoms with van der Waals surface area (Å²) in [5.41, 5.74) is 2.91. The van der Waals surface area contributed by atoms with Gasteiger partial charge in [0, 0.05) is 5.41 Å². The van der Waals surface area contributed by atoms with E-state index in [0.717, 1.165) is 13.0 Å². The molecule has 0 saturated heterocycles. The van der Waals surface area contributed by atoms with Crippen LogP contribution in [0.2, 0.25) is 0 Å². The largest absolute Gasteiger partial charge is 0.258 e. The Morgan fingerprint density at radius 1 is 0.553 bits per heavy atom. The summed E-state index contributed by atoms with van der Waals surface area (Å²) in [5, 5.41) is 0. The van der Waals surface area contributed by atoms with Crippen LogP contribution in [-0.2, 0) is 18.4 Å². The van der Waals surface area contributed by atoms with Crippen LogP contribution in [-0.4, -0.2) is 4.98 Å². The van der Waals surface area contributed by atoms with Crippen LogP contribution in [0.25, 0.3) is 0 Å². The van der Waals surface area contributed by atoms with E-state index in [2.05, 4.69) is 103 Å². The fourth-order valence-electron chi connectivity index (χ4n) is 7.85. The Labute approximate surface area is 291 Å². The lowest BCUT2D eigenvalue weighted by atomic mass is 9.66. The normalized spacial score (nSPS) is 13.5. The van der Waals surface area contributed by atoms with Crippen LogP contribution in [0.4, 0.5) is 0 Å². The number of aromatic nitrogens is 2. The molecule has 0 aliphatic heterocycles. The van der Waals surface area contributed by atoms with Crippen molar-refractivity contribution in [1.29, 1.82) is 0 Å². The Balaban J connectivity index is 1.59. The molecule has 47 heavy (non-hydrogen) atoms. The van der Waals surface area contributed by atoms with Gasteiger partial charge in [0.05, 0.1) is 12.5 Å². The highest BCUT2D eigenvalue weighted by atomic mass is 15.1. The Hall–Kier alpha value is -2.35. The molecule has 2 aromatic carbocycles. The summed E-state index contributed by atoms with van der Waals surface area (Å²) in [7, 11) is 0. The van der Waals surface area contributed by atoms with E-state index in [1.165, 1.54) is 165 Å². The van der Waals surface area contributed by atoms with Gasteiger partial charge in [-0.2, -0.15) is 0 Å². The summed E-state index contributed by atoms with van der Waals surface area (Å²) in [5.74, 6) is 1.87. The molecule has 1 aromatic heterocycles. The minimum atomic E-state index is 0.00499. The van der Waals surface area contributed by atoms with Crippen LogP contribution in [0.15, 0.2) is 73.1 Å². The van der Waals surface area contributed by atoms with Gasteiger partial charge in [-0.1, -0.05) is 210 Å². The van der Waals surface area contributed by atoms with Crippen LogP contribution in [0, 0.1) is 0 Å². The van der Waals surface area contributed by atoms with Gasteiger partial charge in [0.1, 0.15) is 12.4 Å². The minimum Gasteiger partial charge on any atom is -0.247 e. The zero-order valence-electron chi connectivity index (χ0n) is 31.1. The monoisotopic (exact) mass is 642 g/mol. The van der Waals surface area contributed by atoms with E-state index >= 15 is 0 Å². The first kappa shape index (κ1) is 39.1. The zero-order valence-corrected chi connectivity index (χ0v) is 31.1. The molecule has 2 unspecified atom stereocenters. The molecular weight excluding hydrogens is 569 g/mol. The van der Waals surface area contributed by atoms with E-state index in [9.17, 15) is 0 Å². The van der Waals surface area contributed by atoms with Crippen LogP contribution in [0.3, 0.4) is 0 Å². The summed E-state index contributed by atoms with van der Waals surface area (Å²) >= 11 is 0. The molecule has 0 aliphatic rings. The molecule has 3 aromatic rings. The van der Waals surface area contributed by atoms with Crippen LogP contribution in [0.5, 0.6) is 0 Å². The van der Waals surface area contributed by atoms with Crippen molar-refractivity contribution in [3.8, 4) is 0 Å². The number of aromatic amines is 1. The fourth-order valence-corrected chi connectivity index (χ4v) is 7.85. The van der Waals surface area contributed by atoms with E-state index in [-0.39, 0.29) is 5.41 Å². The van der Waals surface area contributed by atoms with Gasteiger partial charge in [-0.25, -0.2) is 9.55 Å². The maximum atomic E-state index is 3.80. The van der Waals surface area contributed by atoms with Crippen molar-refractivity contribution >= 4 is 0 Å². The summed E-state index contributed by atoms with van der Waals surface area (Å²) in [6.07, 6.45) is 37.5. The highest BCUT2D eigenvalue weighted by Crippen LogP contribution is 2.43. The molecular formula is C45H73N2+. The van der Waals surface area contributed by atoms with Crippen LogP contribution in [0.1, 0.15) is 191 Å². The van der Waals surface area contributed by atoms with Gasteiger partial charge in [0.25, 0.3) is 5.82 Å². The lowest BCUT2D eigenvalue weighted by molar-refractivity contribution is -0.705. The molecule has 1 N–H and O–H groups in total. The van der Waals surface area contributed by atoms with Crippen molar-refractivity contribution in [2.75, 3.05) is 0 Å². The Morgan fingerprint density at radius 3 is 1.51 bits per heavy atom. The summed E-state index contributed by atoms with van der Waals surface area (Å²) in [6.45, 7) is 8.29. The second-order valence-corrected chi connectivity index (χ2v) is 14.9. The topological polar surface area (TPSA) is 19.7 Å². The first-order valence-electron chi connectivity index (χ1n) is 20.3. The number of hydrogen-bond donors (Lipinski definition) is 1. The highest BCUT2D eigenvalue weighted by Gasteiger charge is 2.41. The number of aryl methyl sites for hydroxylation is 1. The quantitative estimate of drug-likeness (QED) is 0.0575. The molecule has 3 rings (SSSR count). The number of nitrogens with zero attached hydrogens (tertiary/aromatic N) is 1. The summed E-state index contributed by atoms with van der Waals surface area (Å²) in [6, 6.07) is 22.6. The first-order chi connectivity index (χ1) is 23.2.